The molecule has 1 rings (SSSR count). The van der Waals surface area contributed by atoms with Gasteiger partial charge in [0.2, 0.25) is 0 Å². The first-order valence-corrected chi connectivity index (χ1v) is 5.64. The van der Waals surface area contributed by atoms with Gasteiger partial charge in [-0.2, -0.15) is 0 Å². The van der Waals surface area contributed by atoms with Crippen molar-refractivity contribution < 1.29 is 9.53 Å². The van der Waals surface area contributed by atoms with E-state index in [0.717, 1.165) is 38.8 Å². The van der Waals surface area contributed by atoms with Gasteiger partial charge in [0, 0.05) is 13.1 Å². The molecule has 0 saturated carbocycles. The number of esters is 1. The van der Waals surface area contributed by atoms with Crippen molar-refractivity contribution in [1.82, 2.24) is 5.32 Å². The van der Waals surface area contributed by atoms with Gasteiger partial charge < -0.3 is 4.74 Å². The maximum atomic E-state index is 11.5. The second-order valence-corrected chi connectivity index (χ2v) is 3.82. The van der Waals surface area contributed by atoms with Crippen LogP contribution in [0.3, 0.4) is 0 Å². The predicted octanol–water partition coefficient (Wildman–Crippen LogP) is 1.73. The lowest BCUT2D eigenvalue weighted by Crippen LogP contribution is -2.29. The van der Waals surface area contributed by atoms with Gasteiger partial charge in [-0.25, -0.2) is 5.32 Å². The average Bonchev–Trinajstić information content (AvgIpc) is 2.25. The summed E-state index contributed by atoms with van der Waals surface area (Å²) < 4.78 is 5.20. The molecule has 14 heavy (non-hydrogen) atoms. The highest BCUT2D eigenvalue weighted by atomic mass is 16.5. The molecule has 0 amide bonds. The molecule has 0 atom stereocenters. The molecule has 1 fully saturated rings. The number of rotatable bonds is 5. The fourth-order valence-corrected chi connectivity index (χ4v) is 1.63. The van der Waals surface area contributed by atoms with Crippen LogP contribution in [0, 0.1) is 5.92 Å². The number of carbonyl (C=O) groups is 1. The fraction of sp³-hybridized carbons (Fsp3) is 0.909. The van der Waals surface area contributed by atoms with Crippen LogP contribution >= 0.6 is 0 Å². The quantitative estimate of drug-likeness (QED) is 0.498. The lowest BCUT2D eigenvalue weighted by Gasteiger charge is -2.19. The van der Waals surface area contributed by atoms with Crippen molar-refractivity contribution in [2.75, 3.05) is 19.7 Å². The topological polar surface area (TPSA) is 40.4 Å². The van der Waals surface area contributed by atoms with Crippen LogP contribution < -0.4 is 5.32 Å². The van der Waals surface area contributed by atoms with E-state index in [9.17, 15) is 4.79 Å². The summed E-state index contributed by atoms with van der Waals surface area (Å²) in [6.07, 6.45) is 5.08. The molecule has 0 unspecified atom stereocenters. The van der Waals surface area contributed by atoms with E-state index in [1.54, 1.807) is 0 Å². The number of hydrogen-bond acceptors (Lipinski definition) is 2. The summed E-state index contributed by atoms with van der Waals surface area (Å²) >= 11 is 0. The minimum absolute atomic E-state index is 0.00370. The predicted molar refractivity (Wildman–Crippen MR) is 55.1 cm³/mol. The number of ether oxygens (including phenoxy) is 1. The van der Waals surface area contributed by atoms with Gasteiger partial charge in [-0.15, -0.1) is 0 Å². The zero-order valence-electron chi connectivity index (χ0n) is 9.00. The number of nitrogens with zero attached hydrogens (tertiary/aromatic N) is 1. The number of piperidine rings is 1. The standard InChI is InChI=1S/C11H20NO2/c1-2-3-4-9-14-11(13)10-5-7-12-8-6-10/h10H,2-9H2,1H3. The van der Waals surface area contributed by atoms with E-state index in [-0.39, 0.29) is 11.9 Å². The molecule has 0 N–H and O–H groups in total. The van der Waals surface area contributed by atoms with Crippen molar-refractivity contribution >= 4 is 5.97 Å². The van der Waals surface area contributed by atoms with E-state index < -0.39 is 0 Å². The zero-order chi connectivity index (χ0) is 10.2. The molecule has 0 aromatic carbocycles. The Kier molecular flexibility index (Phi) is 5.60. The normalized spacial score (nSPS) is 18.1. The lowest BCUT2D eigenvalue weighted by molar-refractivity contribution is -0.149. The molecular formula is C11H20NO2. The first kappa shape index (κ1) is 11.5. The smallest absolute Gasteiger partial charge is 0.309 e. The number of carbonyl (C=O) groups excluding carboxylic acids is 1. The van der Waals surface area contributed by atoms with Crippen molar-refractivity contribution in [2.45, 2.75) is 39.0 Å². The molecule has 1 heterocycles. The van der Waals surface area contributed by atoms with Gasteiger partial charge in [-0.1, -0.05) is 19.8 Å². The fourth-order valence-electron chi connectivity index (χ4n) is 1.63. The van der Waals surface area contributed by atoms with Crippen LogP contribution in [-0.2, 0) is 9.53 Å². The maximum absolute atomic E-state index is 11.5. The van der Waals surface area contributed by atoms with Crippen LogP contribution in [0.2, 0.25) is 0 Å². The van der Waals surface area contributed by atoms with Crippen LogP contribution in [0.15, 0.2) is 0 Å². The van der Waals surface area contributed by atoms with E-state index in [1.807, 2.05) is 0 Å². The average molecular weight is 198 g/mol. The van der Waals surface area contributed by atoms with Gasteiger partial charge in [0.05, 0.1) is 12.5 Å². The Morgan fingerprint density at radius 2 is 2.07 bits per heavy atom. The van der Waals surface area contributed by atoms with Crippen molar-refractivity contribution in [1.29, 1.82) is 0 Å². The molecule has 81 valence electrons. The summed E-state index contributed by atoms with van der Waals surface area (Å²) in [6, 6.07) is 0. The first-order valence-electron chi connectivity index (χ1n) is 5.64. The molecule has 3 nitrogen and oxygen atoms in total. The summed E-state index contributed by atoms with van der Waals surface area (Å²) in [5.74, 6) is 0.116. The summed E-state index contributed by atoms with van der Waals surface area (Å²) in [6.45, 7) is 4.40. The van der Waals surface area contributed by atoms with Crippen LogP contribution in [0.1, 0.15) is 39.0 Å². The van der Waals surface area contributed by atoms with Crippen molar-refractivity contribution in [2.24, 2.45) is 5.92 Å². The van der Waals surface area contributed by atoms with E-state index in [4.69, 9.17) is 4.74 Å². The molecule has 0 aromatic rings. The van der Waals surface area contributed by atoms with Crippen molar-refractivity contribution in [3.05, 3.63) is 0 Å². The van der Waals surface area contributed by atoms with Crippen molar-refractivity contribution in [3.8, 4) is 0 Å². The Balaban J connectivity index is 2.07. The van der Waals surface area contributed by atoms with E-state index in [2.05, 4.69) is 12.2 Å². The highest BCUT2D eigenvalue weighted by Crippen LogP contribution is 2.14. The molecule has 0 bridgehead atoms. The number of unbranched alkanes of at least 4 members (excludes halogenated alkanes) is 2. The number of hydrogen-bond donors (Lipinski definition) is 0. The van der Waals surface area contributed by atoms with Crippen LogP contribution in [0.25, 0.3) is 0 Å². The Hall–Kier alpha value is -0.570. The molecule has 0 spiro atoms. The molecule has 0 aliphatic carbocycles. The minimum Gasteiger partial charge on any atom is -0.465 e. The first-order chi connectivity index (χ1) is 6.84. The van der Waals surface area contributed by atoms with Crippen LogP contribution in [0.4, 0.5) is 0 Å². The molecule has 1 aliphatic heterocycles. The highest BCUT2D eigenvalue weighted by molar-refractivity contribution is 5.72. The lowest BCUT2D eigenvalue weighted by atomic mass is 9.99. The SMILES string of the molecule is CCCCCOC(=O)C1CC[N]CC1. The second kappa shape index (κ2) is 6.82. The van der Waals surface area contributed by atoms with E-state index >= 15 is 0 Å². The van der Waals surface area contributed by atoms with Gasteiger partial charge in [-0.3, -0.25) is 4.79 Å². The van der Waals surface area contributed by atoms with E-state index in [0.29, 0.717) is 6.61 Å². The summed E-state index contributed by atoms with van der Waals surface area (Å²) in [4.78, 5) is 11.5. The van der Waals surface area contributed by atoms with Crippen molar-refractivity contribution in [3.63, 3.8) is 0 Å². The van der Waals surface area contributed by atoms with E-state index in [1.165, 1.54) is 6.42 Å². The Labute approximate surface area is 86.2 Å². The minimum atomic E-state index is -0.00370. The second-order valence-electron chi connectivity index (χ2n) is 3.82. The summed E-state index contributed by atoms with van der Waals surface area (Å²) in [5.41, 5.74) is 0. The van der Waals surface area contributed by atoms with Crippen LogP contribution in [0.5, 0.6) is 0 Å². The van der Waals surface area contributed by atoms with Crippen LogP contribution in [-0.4, -0.2) is 25.7 Å². The monoisotopic (exact) mass is 198 g/mol. The summed E-state index contributed by atoms with van der Waals surface area (Å²) in [5, 5.41) is 4.21. The third-order valence-electron chi connectivity index (χ3n) is 2.60. The molecule has 0 aromatic heterocycles. The molecule has 1 radical (unpaired) electrons. The molecule has 3 heteroatoms. The maximum Gasteiger partial charge on any atom is 0.309 e. The van der Waals surface area contributed by atoms with Gasteiger partial charge in [0.15, 0.2) is 0 Å². The third kappa shape index (κ3) is 4.09. The Morgan fingerprint density at radius 3 is 2.71 bits per heavy atom. The zero-order valence-corrected chi connectivity index (χ0v) is 9.00. The Morgan fingerprint density at radius 1 is 1.36 bits per heavy atom. The molecule has 1 saturated heterocycles. The van der Waals surface area contributed by atoms with Gasteiger partial charge in [0.25, 0.3) is 0 Å². The van der Waals surface area contributed by atoms with Gasteiger partial charge in [-0.05, 0) is 19.3 Å². The Bertz CT molecular complexity index is 165. The molecule has 1 aliphatic rings. The molecular weight excluding hydrogens is 178 g/mol. The largest absolute Gasteiger partial charge is 0.465 e. The summed E-state index contributed by atoms with van der Waals surface area (Å²) in [7, 11) is 0. The van der Waals surface area contributed by atoms with Gasteiger partial charge in [0.1, 0.15) is 0 Å². The third-order valence-corrected chi connectivity index (χ3v) is 2.60. The highest BCUT2D eigenvalue weighted by Gasteiger charge is 2.22. The van der Waals surface area contributed by atoms with Gasteiger partial charge >= 0.3 is 5.97 Å².